The van der Waals surface area contributed by atoms with Crippen molar-refractivity contribution in [2.24, 2.45) is 5.92 Å². The van der Waals surface area contributed by atoms with Crippen molar-refractivity contribution in [1.82, 2.24) is 4.90 Å². The second-order valence-electron chi connectivity index (χ2n) is 8.26. The van der Waals surface area contributed by atoms with Crippen LogP contribution >= 0.6 is 0 Å². The molecule has 7 heteroatoms. The summed E-state index contributed by atoms with van der Waals surface area (Å²) in [6.45, 7) is 4.88. The highest BCUT2D eigenvalue weighted by Gasteiger charge is 2.42. The van der Waals surface area contributed by atoms with Gasteiger partial charge in [-0.2, -0.15) is 0 Å². The number of fused-ring (bicyclic) bond motifs is 2. The average molecular weight is 437 g/mol. The fraction of sp³-hybridized carbons (Fsp3) is 0.360. The van der Waals surface area contributed by atoms with Gasteiger partial charge in [-0.1, -0.05) is 32.0 Å². The van der Waals surface area contributed by atoms with Crippen LogP contribution in [-0.4, -0.2) is 42.8 Å². The Morgan fingerprint density at radius 2 is 1.91 bits per heavy atom. The molecule has 32 heavy (non-hydrogen) atoms. The molecule has 2 aromatic carbocycles. The molecule has 7 nitrogen and oxygen atoms in total. The number of benzene rings is 2. The lowest BCUT2D eigenvalue weighted by Crippen LogP contribution is -2.31. The van der Waals surface area contributed by atoms with Crippen molar-refractivity contribution < 1.29 is 23.8 Å². The molecule has 1 N–H and O–H groups in total. The van der Waals surface area contributed by atoms with Crippen molar-refractivity contribution in [1.29, 1.82) is 0 Å². The molecule has 1 atom stereocenters. The van der Waals surface area contributed by atoms with E-state index in [4.69, 9.17) is 13.9 Å². The minimum atomic E-state index is -0.641. The molecule has 0 aliphatic carbocycles. The minimum Gasteiger partial charge on any atom is -0.493 e. The normalized spacial score (nSPS) is 15.5. The third-order valence-electron chi connectivity index (χ3n) is 5.51. The Balaban J connectivity index is 1.85. The van der Waals surface area contributed by atoms with Gasteiger partial charge >= 0.3 is 0 Å². The number of aliphatic hydroxyl groups excluding tert-OH is 1. The van der Waals surface area contributed by atoms with Crippen LogP contribution in [0.5, 0.6) is 11.5 Å². The quantitative estimate of drug-likeness (QED) is 0.577. The lowest BCUT2D eigenvalue weighted by molar-refractivity contribution is 0.0716. The first kappa shape index (κ1) is 21.9. The maximum Gasteiger partial charge on any atom is 0.290 e. The number of ether oxygens (including phenoxy) is 2. The number of hydrogen-bond acceptors (Lipinski definition) is 6. The van der Waals surface area contributed by atoms with E-state index in [2.05, 4.69) is 13.8 Å². The number of carbonyl (C=O) groups excluding carboxylic acids is 1. The largest absolute Gasteiger partial charge is 0.493 e. The summed E-state index contributed by atoms with van der Waals surface area (Å²) in [6, 6.07) is 11.7. The summed E-state index contributed by atoms with van der Waals surface area (Å²) < 4.78 is 17.3. The Morgan fingerprint density at radius 1 is 1.12 bits per heavy atom. The van der Waals surface area contributed by atoms with Crippen molar-refractivity contribution in [3.05, 3.63) is 69.6 Å². The topological polar surface area (TPSA) is 89.2 Å². The molecule has 1 aliphatic heterocycles. The predicted molar refractivity (Wildman–Crippen MR) is 120 cm³/mol. The molecule has 0 saturated carbocycles. The highest BCUT2D eigenvalue weighted by atomic mass is 16.5. The minimum absolute atomic E-state index is 0.0516. The highest BCUT2D eigenvalue weighted by molar-refractivity contribution is 5.99. The van der Waals surface area contributed by atoms with Gasteiger partial charge in [0.1, 0.15) is 5.58 Å². The Hall–Kier alpha value is -3.32. The highest BCUT2D eigenvalue weighted by Crippen LogP contribution is 2.41. The summed E-state index contributed by atoms with van der Waals surface area (Å²) in [5.41, 5.74) is 1.17. The number of carbonyl (C=O) groups is 1. The molecular weight excluding hydrogens is 410 g/mol. The molecule has 1 amide bonds. The molecule has 3 aromatic rings. The number of methoxy groups -OCH3 is 1. The van der Waals surface area contributed by atoms with Crippen molar-refractivity contribution in [3.8, 4) is 11.5 Å². The van der Waals surface area contributed by atoms with Crippen molar-refractivity contribution in [2.75, 3.05) is 26.9 Å². The standard InChI is InChI=1S/C25H27NO6/c1-15(2)14-31-19-10-9-16(13-20(19)30-3)22-21-23(28)17-7-4-5-8-18(17)32-24(21)25(29)26(22)11-6-12-27/h4-5,7-10,13,15,22,27H,6,11-12,14H2,1-3H3. The van der Waals surface area contributed by atoms with E-state index in [0.29, 0.717) is 52.5 Å². The van der Waals surface area contributed by atoms with Crippen molar-refractivity contribution >= 4 is 16.9 Å². The van der Waals surface area contributed by atoms with Crippen LogP contribution in [0.25, 0.3) is 11.0 Å². The van der Waals surface area contributed by atoms with E-state index in [1.807, 2.05) is 6.07 Å². The fourth-order valence-corrected chi connectivity index (χ4v) is 4.02. The van der Waals surface area contributed by atoms with Gasteiger partial charge in [0, 0.05) is 13.2 Å². The molecule has 0 bridgehead atoms. The zero-order valence-electron chi connectivity index (χ0n) is 18.5. The summed E-state index contributed by atoms with van der Waals surface area (Å²) in [4.78, 5) is 28.2. The van der Waals surface area contributed by atoms with Gasteiger partial charge in [-0.05, 0) is 42.2 Å². The molecule has 0 fully saturated rings. The van der Waals surface area contributed by atoms with Gasteiger partial charge in [0.05, 0.1) is 30.7 Å². The van der Waals surface area contributed by atoms with E-state index in [-0.39, 0.29) is 30.2 Å². The Morgan fingerprint density at radius 3 is 2.62 bits per heavy atom. The molecule has 2 heterocycles. The molecular formula is C25H27NO6. The summed E-state index contributed by atoms with van der Waals surface area (Å²) in [7, 11) is 1.56. The van der Waals surface area contributed by atoms with E-state index in [1.54, 1.807) is 48.4 Å². The Bertz CT molecular complexity index is 1200. The van der Waals surface area contributed by atoms with Gasteiger partial charge in [-0.15, -0.1) is 0 Å². The van der Waals surface area contributed by atoms with E-state index in [1.165, 1.54) is 0 Å². The third-order valence-corrected chi connectivity index (χ3v) is 5.51. The second kappa shape index (κ2) is 9.04. The molecule has 1 aliphatic rings. The Kier molecular flexibility index (Phi) is 6.19. The van der Waals surface area contributed by atoms with Crippen molar-refractivity contribution in [3.63, 3.8) is 0 Å². The first-order chi connectivity index (χ1) is 15.5. The molecule has 0 spiro atoms. The SMILES string of the molecule is COc1cc(C2c3c(oc4ccccc4c3=O)C(=O)N2CCCO)ccc1OCC(C)C. The van der Waals surface area contributed by atoms with Gasteiger partial charge in [0.2, 0.25) is 5.76 Å². The Labute approximate surface area is 186 Å². The maximum atomic E-state index is 13.4. The summed E-state index contributed by atoms with van der Waals surface area (Å²) in [5.74, 6) is 1.17. The van der Waals surface area contributed by atoms with E-state index >= 15 is 0 Å². The van der Waals surface area contributed by atoms with Crippen LogP contribution in [0.2, 0.25) is 0 Å². The fourth-order valence-electron chi connectivity index (χ4n) is 4.02. The number of amides is 1. The van der Waals surface area contributed by atoms with Gasteiger partial charge in [0.25, 0.3) is 5.91 Å². The third kappa shape index (κ3) is 3.84. The molecule has 0 saturated heterocycles. The lowest BCUT2D eigenvalue weighted by Gasteiger charge is -2.25. The van der Waals surface area contributed by atoms with Gasteiger partial charge in [0.15, 0.2) is 16.9 Å². The monoisotopic (exact) mass is 437 g/mol. The predicted octanol–water partition coefficient (Wildman–Crippen LogP) is 3.76. The van der Waals surface area contributed by atoms with E-state index in [0.717, 1.165) is 0 Å². The maximum absolute atomic E-state index is 13.4. The van der Waals surface area contributed by atoms with Gasteiger partial charge < -0.3 is 23.9 Å². The van der Waals surface area contributed by atoms with Crippen LogP contribution < -0.4 is 14.9 Å². The number of para-hydroxylation sites is 1. The smallest absolute Gasteiger partial charge is 0.290 e. The van der Waals surface area contributed by atoms with Crippen LogP contribution in [0.1, 0.15) is 48.0 Å². The number of rotatable bonds is 8. The summed E-state index contributed by atoms with van der Waals surface area (Å²) >= 11 is 0. The zero-order chi connectivity index (χ0) is 22.8. The molecule has 1 unspecified atom stereocenters. The lowest BCUT2D eigenvalue weighted by atomic mass is 9.98. The van der Waals surface area contributed by atoms with E-state index in [9.17, 15) is 14.7 Å². The molecule has 1 aromatic heterocycles. The van der Waals surface area contributed by atoms with E-state index < -0.39 is 6.04 Å². The molecule has 4 rings (SSSR count). The van der Waals surface area contributed by atoms with Crippen LogP contribution in [-0.2, 0) is 0 Å². The molecule has 0 radical (unpaired) electrons. The number of hydrogen-bond donors (Lipinski definition) is 1. The van der Waals surface area contributed by atoms with Crippen LogP contribution in [0.15, 0.2) is 51.7 Å². The van der Waals surface area contributed by atoms with Gasteiger partial charge in [-0.3, -0.25) is 9.59 Å². The van der Waals surface area contributed by atoms with Crippen LogP contribution in [0, 0.1) is 5.92 Å². The second-order valence-corrected chi connectivity index (χ2v) is 8.26. The number of nitrogens with zero attached hydrogens (tertiary/aromatic N) is 1. The first-order valence-electron chi connectivity index (χ1n) is 10.7. The number of aliphatic hydroxyl groups is 1. The van der Waals surface area contributed by atoms with Crippen molar-refractivity contribution in [2.45, 2.75) is 26.3 Å². The first-order valence-corrected chi connectivity index (χ1v) is 10.7. The molecule has 168 valence electrons. The van der Waals surface area contributed by atoms with Crippen LogP contribution in [0.4, 0.5) is 0 Å². The zero-order valence-corrected chi connectivity index (χ0v) is 18.5. The summed E-state index contributed by atoms with van der Waals surface area (Å²) in [6.07, 6.45) is 0.386. The van der Waals surface area contributed by atoms with Crippen LogP contribution in [0.3, 0.4) is 0 Å². The average Bonchev–Trinajstić information content (AvgIpc) is 3.08. The van der Waals surface area contributed by atoms with Gasteiger partial charge in [-0.25, -0.2) is 0 Å². The summed E-state index contributed by atoms with van der Waals surface area (Å²) in [5, 5.41) is 9.79.